The minimum absolute atomic E-state index is 0.843. The van der Waals surface area contributed by atoms with E-state index in [1.54, 1.807) is 0 Å². The summed E-state index contributed by atoms with van der Waals surface area (Å²) in [6.45, 7) is 7.14. The molecule has 0 saturated carbocycles. The third-order valence-electron chi connectivity index (χ3n) is 1.88. The Hall–Kier alpha value is -0.120. The third kappa shape index (κ3) is 11.9. The van der Waals surface area contributed by atoms with E-state index in [9.17, 15) is 0 Å². The fourth-order valence-corrected chi connectivity index (χ4v) is 1.11. The molecular formula is C10H24N2O. The van der Waals surface area contributed by atoms with Gasteiger partial charge in [-0.25, -0.2) is 0 Å². The van der Waals surface area contributed by atoms with Gasteiger partial charge in [0, 0.05) is 13.2 Å². The quantitative estimate of drug-likeness (QED) is 0.502. The van der Waals surface area contributed by atoms with Crippen LogP contribution in [0.1, 0.15) is 26.2 Å². The summed E-state index contributed by atoms with van der Waals surface area (Å²) in [6, 6.07) is 0. The highest BCUT2D eigenvalue weighted by Gasteiger charge is 1.89. The van der Waals surface area contributed by atoms with Gasteiger partial charge < -0.3 is 15.4 Å². The molecule has 0 aromatic heterocycles. The number of hydrogen-bond donors (Lipinski definition) is 2. The monoisotopic (exact) mass is 188 g/mol. The molecule has 0 bridgehead atoms. The zero-order valence-corrected chi connectivity index (χ0v) is 9.07. The van der Waals surface area contributed by atoms with Gasteiger partial charge in [-0.1, -0.05) is 0 Å². The van der Waals surface area contributed by atoms with Crippen molar-refractivity contribution in [2.24, 2.45) is 0 Å². The molecule has 0 saturated heterocycles. The maximum Gasteiger partial charge on any atom is 0.0466 e. The van der Waals surface area contributed by atoms with Crippen molar-refractivity contribution in [1.82, 2.24) is 10.6 Å². The first-order chi connectivity index (χ1) is 6.41. The van der Waals surface area contributed by atoms with Gasteiger partial charge in [-0.05, 0) is 52.9 Å². The van der Waals surface area contributed by atoms with Crippen LogP contribution >= 0.6 is 0 Å². The second-order valence-electron chi connectivity index (χ2n) is 3.11. The molecule has 3 heteroatoms. The first kappa shape index (κ1) is 12.9. The van der Waals surface area contributed by atoms with Crippen molar-refractivity contribution in [3.05, 3.63) is 0 Å². The molecule has 0 aromatic carbocycles. The fraction of sp³-hybridized carbons (Fsp3) is 1.00. The first-order valence-corrected chi connectivity index (χ1v) is 5.35. The Morgan fingerprint density at radius 1 is 1.00 bits per heavy atom. The molecule has 0 heterocycles. The van der Waals surface area contributed by atoms with Crippen LogP contribution in [0.25, 0.3) is 0 Å². The molecule has 0 atom stereocenters. The molecule has 0 aliphatic carbocycles. The normalized spacial score (nSPS) is 10.6. The van der Waals surface area contributed by atoms with E-state index in [4.69, 9.17) is 4.74 Å². The smallest absolute Gasteiger partial charge is 0.0466 e. The van der Waals surface area contributed by atoms with Crippen LogP contribution in [0.4, 0.5) is 0 Å². The van der Waals surface area contributed by atoms with E-state index in [0.29, 0.717) is 0 Å². The van der Waals surface area contributed by atoms with Crippen LogP contribution in [0, 0.1) is 0 Å². The molecule has 0 unspecified atom stereocenters. The molecule has 0 rings (SSSR count). The van der Waals surface area contributed by atoms with Crippen LogP contribution < -0.4 is 10.6 Å². The van der Waals surface area contributed by atoms with Crippen LogP contribution in [0.3, 0.4) is 0 Å². The summed E-state index contributed by atoms with van der Waals surface area (Å²) in [6.07, 6.45) is 3.61. The SMILES string of the molecule is CCOCCCCNCCCNC. The van der Waals surface area contributed by atoms with Gasteiger partial charge in [-0.3, -0.25) is 0 Å². The zero-order chi connectivity index (χ0) is 9.78. The van der Waals surface area contributed by atoms with Gasteiger partial charge in [-0.15, -0.1) is 0 Å². The van der Waals surface area contributed by atoms with Crippen LogP contribution in [0.15, 0.2) is 0 Å². The Bertz CT molecular complexity index is 79.0. The number of unbranched alkanes of at least 4 members (excludes halogenated alkanes) is 1. The summed E-state index contributed by atoms with van der Waals surface area (Å²) in [7, 11) is 1.99. The maximum absolute atomic E-state index is 5.24. The summed E-state index contributed by atoms with van der Waals surface area (Å²) < 4.78 is 5.24. The average molecular weight is 188 g/mol. The fourth-order valence-electron chi connectivity index (χ4n) is 1.11. The van der Waals surface area contributed by atoms with Gasteiger partial charge in [0.15, 0.2) is 0 Å². The molecule has 0 spiro atoms. The van der Waals surface area contributed by atoms with Gasteiger partial charge in [0.05, 0.1) is 0 Å². The van der Waals surface area contributed by atoms with E-state index < -0.39 is 0 Å². The Morgan fingerprint density at radius 2 is 1.77 bits per heavy atom. The van der Waals surface area contributed by atoms with E-state index >= 15 is 0 Å². The van der Waals surface area contributed by atoms with E-state index in [2.05, 4.69) is 10.6 Å². The van der Waals surface area contributed by atoms with Crippen molar-refractivity contribution in [3.8, 4) is 0 Å². The van der Waals surface area contributed by atoms with Crippen molar-refractivity contribution < 1.29 is 4.74 Å². The zero-order valence-electron chi connectivity index (χ0n) is 9.07. The molecule has 0 aliphatic rings. The third-order valence-corrected chi connectivity index (χ3v) is 1.88. The van der Waals surface area contributed by atoms with Crippen LogP contribution in [-0.4, -0.2) is 39.9 Å². The Labute approximate surface area is 82.2 Å². The lowest BCUT2D eigenvalue weighted by molar-refractivity contribution is 0.143. The highest BCUT2D eigenvalue weighted by molar-refractivity contribution is 4.49. The van der Waals surface area contributed by atoms with Crippen LogP contribution in [0.5, 0.6) is 0 Å². The summed E-state index contributed by atoms with van der Waals surface area (Å²) in [5.41, 5.74) is 0. The summed E-state index contributed by atoms with van der Waals surface area (Å²) >= 11 is 0. The Balaban J connectivity index is 2.76. The molecule has 13 heavy (non-hydrogen) atoms. The topological polar surface area (TPSA) is 33.3 Å². The lowest BCUT2D eigenvalue weighted by atomic mass is 10.3. The van der Waals surface area contributed by atoms with Gasteiger partial charge >= 0.3 is 0 Å². The number of hydrogen-bond acceptors (Lipinski definition) is 3. The highest BCUT2D eigenvalue weighted by Crippen LogP contribution is 1.88. The standard InChI is InChI=1S/C10H24N2O/c1-3-13-10-5-4-8-12-9-6-7-11-2/h11-12H,3-10H2,1-2H3. The van der Waals surface area contributed by atoms with Gasteiger partial charge in [0.1, 0.15) is 0 Å². The first-order valence-electron chi connectivity index (χ1n) is 5.35. The van der Waals surface area contributed by atoms with E-state index in [-0.39, 0.29) is 0 Å². The highest BCUT2D eigenvalue weighted by atomic mass is 16.5. The molecule has 0 aromatic rings. The molecule has 0 radical (unpaired) electrons. The molecule has 0 fully saturated rings. The van der Waals surface area contributed by atoms with Gasteiger partial charge in [-0.2, -0.15) is 0 Å². The largest absolute Gasteiger partial charge is 0.382 e. The summed E-state index contributed by atoms with van der Waals surface area (Å²) in [4.78, 5) is 0. The predicted octanol–water partition coefficient (Wildman–Crippen LogP) is 1.00. The number of rotatable bonds is 10. The summed E-state index contributed by atoms with van der Waals surface area (Å²) in [5, 5.41) is 6.53. The lowest BCUT2D eigenvalue weighted by Crippen LogP contribution is -2.20. The summed E-state index contributed by atoms with van der Waals surface area (Å²) in [5.74, 6) is 0. The average Bonchev–Trinajstić information content (AvgIpc) is 2.16. The van der Waals surface area contributed by atoms with Crippen LogP contribution in [0.2, 0.25) is 0 Å². The lowest BCUT2D eigenvalue weighted by Gasteiger charge is -2.04. The molecule has 80 valence electrons. The molecule has 0 amide bonds. The number of nitrogens with one attached hydrogen (secondary N) is 2. The van der Waals surface area contributed by atoms with Crippen molar-refractivity contribution >= 4 is 0 Å². The molecular weight excluding hydrogens is 164 g/mol. The van der Waals surface area contributed by atoms with Crippen molar-refractivity contribution in [2.75, 3.05) is 39.9 Å². The van der Waals surface area contributed by atoms with E-state index in [1.807, 2.05) is 14.0 Å². The van der Waals surface area contributed by atoms with Crippen molar-refractivity contribution in [1.29, 1.82) is 0 Å². The van der Waals surface area contributed by atoms with Gasteiger partial charge in [0.25, 0.3) is 0 Å². The molecule has 0 aliphatic heterocycles. The minimum Gasteiger partial charge on any atom is -0.382 e. The second-order valence-corrected chi connectivity index (χ2v) is 3.11. The molecule has 3 nitrogen and oxygen atoms in total. The van der Waals surface area contributed by atoms with E-state index in [0.717, 1.165) is 32.8 Å². The Kier molecular flexibility index (Phi) is 11.8. The van der Waals surface area contributed by atoms with Crippen molar-refractivity contribution in [3.63, 3.8) is 0 Å². The Morgan fingerprint density at radius 3 is 2.46 bits per heavy atom. The van der Waals surface area contributed by atoms with Crippen LogP contribution in [-0.2, 0) is 4.74 Å². The number of ether oxygens (including phenoxy) is 1. The van der Waals surface area contributed by atoms with Gasteiger partial charge in [0.2, 0.25) is 0 Å². The van der Waals surface area contributed by atoms with E-state index in [1.165, 1.54) is 19.3 Å². The predicted molar refractivity (Wildman–Crippen MR) is 57.1 cm³/mol. The minimum atomic E-state index is 0.843. The molecule has 2 N–H and O–H groups in total. The van der Waals surface area contributed by atoms with Crippen molar-refractivity contribution in [2.45, 2.75) is 26.2 Å². The second kappa shape index (κ2) is 11.9. The maximum atomic E-state index is 5.24.